The van der Waals surface area contributed by atoms with Gasteiger partial charge in [0, 0.05) is 21.9 Å². The van der Waals surface area contributed by atoms with E-state index in [2.05, 4.69) is 28.9 Å². The molecule has 38 heavy (non-hydrogen) atoms. The van der Waals surface area contributed by atoms with Gasteiger partial charge >= 0.3 is 6.09 Å². The molecule has 3 aliphatic rings. The molecular weight excluding hydrogens is 504 g/mol. The number of nitrogens with zero attached hydrogens (tertiary/aromatic N) is 1. The first-order chi connectivity index (χ1) is 18.3. The van der Waals surface area contributed by atoms with E-state index in [0.29, 0.717) is 17.9 Å². The molecule has 3 N–H and O–H groups in total. The van der Waals surface area contributed by atoms with Crippen molar-refractivity contribution in [3.05, 3.63) is 34.9 Å². The molecule has 1 unspecified atom stereocenters. The minimum atomic E-state index is -0.812. The lowest BCUT2D eigenvalue weighted by Crippen LogP contribution is -2.50. The van der Waals surface area contributed by atoms with Crippen LogP contribution in [0, 0.1) is 17.2 Å². The predicted octanol–water partition coefficient (Wildman–Crippen LogP) is 4.89. The Bertz CT molecular complexity index is 1060. The van der Waals surface area contributed by atoms with Gasteiger partial charge in [-0.05, 0) is 62.6 Å². The molecular formula is C29H39ClN4O4. The van der Waals surface area contributed by atoms with Crippen LogP contribution < -0.4 is 16.0 Å². The Kier molecular flexibility index (Phi) is 9.19. The lowest BCUT2D eigenvalue weighted by Gasteiger charge is -2.22. The topological polar surface area (TPSA) is 120 Å². The molecule has 8 nitrogen and oxygen atoms in total. The zero-order chi connectivity index (χ0) is 27.2. The first kappa shape index (κ1) is 28.2. The van der Waals surface area contributed by atoms with Crippen molar-refractivity contribution in [2.24, 2.45) is 5.92 Å². The summed E-state index contributed by atoms with van der Waals surface area (Å²) >= 11 is 6.15. The molecule has 206 valence electrons. The fourth-order valence-electron chi connectivity index (χ4n) is 5.44. The maximum Gasteiger partial charge on any atom is 0.407 e. The van der Waals surface area contributed by atoms with Crippen molar-refractivity contribution < 1.29 is 19.1 Å². The summed E-state index contributed by atoms with van der Waals surface area (Å²) in [5.41, 5.74) is 0.735. The van der Waals surface area contributed by atoms with Gasteiger partial charge in [-0.2, -0.15) is 5.26 Å². The van der Waals surface area contributed by atoms with E-state index in [-0.39, 0.29) is 35.8 Å². The van der Waals surface area contributed by atoms with Crippen molar-refractivity contribution in [3.8, 4) is 6.07 Å². The van der Waals surface area contributed by atoms with Gasteiger partial charge in [-0.15, -0.1) is 0 Å². The fraction of sp³-hybridized carbons (Fsp3) is 0.655. The van der Waals surface area contributed by atoms with E-state index in [1.54, 1.807) is 0 Å². The van der Waals surface area contributed by atoms with Gasteiger partial charge < -0.3 is 20.7 Å². The van der Waals surface area contributed by atoms with Crippen LogP contribution in [0.25, 0.3) is 0 Å². The van der Waals surface area contributed by atoms with Crippen LogP contribution in [-0.4, -0.2) is 42.1 Å². The summed E-state index contributed by atoms with van der Waals surface area (Å²) in [6, 6.07) is 8.12. The second-order valence-corrected chi connectivity index (χ2v) is 11.8. The number of hydrogen-bond acceptors (Lipinski definition) is 5. The van der Waals surface area contributed by atoms with E-state index >= 15 is 0 Å². The van der Waals surface area contributed by atoms with Crippen LogP contribution in [0.5, 0.6) is 0 Å². The Morgan fingerprint density at radius 1 is 1.18 bits per heavy atom. The number of benzene rings is 1. The molecule has 1 spiro atoms. The molecule has 1 aliphatic heterocycles. The summed E-state index contributed by atoms with van der Waals surface area (Å²) in [4.78, 5) is 38.3. The first-order valence-electron chi connectivity index (χ1n) is 14.0. The van der Waals surface area contributed by atoms with Crippen LogP contribution in [0.3, 0.4) is 0 Å². The molecule has 2 aliphatic carbocycles. The quantitative estimate of drug-likeness (QED) is 0.289. The van der Waals surface area contributed by atoms with Crippen molar-refractivity contribution >= 4 is 29.5 Å². The van der Waals surface area contributed by atoms with E-state index in [1.807, 2.05) is 24.3 Å². The molecule has 3 amide bonds. The summed E-state index contributed by atoms with van der Waals surface area (Å²) in [5, 5.41) is 18.9. The molecule has 0 bridgehead atoms. The van der Waals surface area contributed by atoms with Crippen molar-refractivity contribution in [1.29, 1.82) is 5.26 Å². The van der Waals surface area contributed by atoms with Crippen LogP contribution >= 0.6 is 11.6 Å². The number of rotatable bonds is 14. The Labute approximate surface area is 230 Å². The summed E-state index contributed by atoms with van der Waals surface area (Å²) in [6.45, 7) is 2.35. The van der Waals surface area contributed by atoms with E-state index in [9.17, 15) is 19.6 Å². The molecule has 1 saturated heterocycles. The molecule has 9 heteroatoms. The number of nitriles is 1. The molecule has 3 fully saturated rings. The average molecular weight is 543 g/mol. The van der Waals surface area contributed by atoms with Gasteiger partial charge in [-0.1, -0.05) is 62.8 Å². The highest BCUT2D eigenvalue weighted by Crippen LogP contribution is 2.49. The number of nitrogens with one attached hydrogen (secondary N) is 3. The van der Waals surface area contributed by atoms with Crippen LogP contribution in [0.1, 0.15) is 89.5 Å². The molecule has 2 saturated carbocycles. The number of ether oxygens (including phenoxy) is 1. The number of unbranched alkanes of at least 4 members (excludes halogenated alkanes) is 4. The normalized spacial score (nSPS) is 21.6. The number of carbonyl (C=O) groups excluding carboxylic acids is 3. The van der Waals surface area contributed by atoms with Gasteiger partial charge in [-0.25, -0.2) is 4.79 Å². The molecule has 3 atom stereocenters. The number of alkyl carbamates (subject to hydrolysis) is 1. The molecule has 4 rings (SSSR count). The number of halogens is 1. The Morgan fingerprint density at radius 2 is 1.95 bits per heavy atom. The highest BCUT2D eigenvalue weighted by atomic mass is 35.5. The molecule has 1 heterocycles. The maximum absolute atomic E-state index is 13.2. The summed E-state index contributed by atoms with van der Waals surface area (Å²) in [7, 11) is 0. The number of amides is 3. The van der Waals surface area contributed by atoms with Gasteiger partial charge in [-0.3, -0.25) is 9.59 Å². The summed E-state index contributed by atoms with van der Waals surface area (Å²) in [5.74, 6) is -0.742. The lowest BCUT2D eigenvalue weighted by atomic mass is 9.95. The minimum absolute atomic E-state index is 0.0418. The highest BCUT2D eigenvalue weighted by molar-refractivity contribution is 6.30. The molecule has 0 aromatic heterocycles. The standard InChI is InChI=1S/C29H39ClN4O4/c1-2-3-4-5-6-10-24(26(36)32-23(18-31)15-20-17-29(13-14-29)34-25(20)35)33-27(37)38-19-28(11-12-28)21-8-7-9-22(30)16-21/h7-9,16,20,23-24H,2-6,10-15,17,19H2,1H3,(H,32,36)(H,33,37)(H,34,35)/t20?,23-,24-/m0/s1. The van der Waals surface area contributed by atoms with Gasteiger partial charge in [0.15, 0.2) is 0 Å². The Morgan fingerprint density at radius 3 is 2.58 bits per heavy atom. The average Bonchev–Trinajstić information content (AvgIpc) is 3.81. The summed E-state index contributed by atoms with van der Waals surface area (Å²) in [6.07, 6.45) is 9.58. The van der Waals surface area contributed by atoms with Crippen LogP contribution in [0.2, 0.25) is 5.02 Å². The third-order valence-corrected chi connectivity index (χ3v) is 8.45. The second-order valence-electron chi connectivity index (χ2n) is 11.4. The summed E-state index contributed by atoms with van der Waals surface area (Å²) < 4.78 is 5.58. The maximum atomic E-state index is 13.2. The minimum Gasteiger partial charge on any atom is -0.449 e. The van der Waals surface area contributed by atoms with Gasteiger partial charge in [0.25, 0.3) is 0 Å². The van der Waals surface area contributed by atoms with Crippen molar-refractivity contribution in [2.45, 2.75) is 107 Å². The first-order valence-corrected chi connectivity index (χ1v) is 14.4. The zero-order valence-corrected chi connectivity index (χ0v) is 22.9. The second kappa shape index (κ2) is 12.4. The third-order valence-electron chi connectivity index (χ3n) is 8.22. The smallest absolute Gasteiger partial charge is 0.407 e. The zero-order valence-electron chi connectivity index (χ0n) is 22.2. The van der Waals surface area contributed by atoms with Crippen molar-refractivity contribution in [1.82, 2.24) is 16.0 Å². The van der Waals surface area contributed by atoms with Gasteiger partial charge in [0.1, 0.15) is 18.7 Å². The number of carbonyl (C=O) groups is 3. The number of hydrogen-bond donors (Lipinski definition) is 3. The highest BCUT2D eigenvalue weighted by Gasteiger charge is 2.52. The van der Waals surface area contributed by atoms with Crippen LogP contribution in [0.4, 0.5) is 4.79 Å². The van der Waals surface area contributed by atoms with Crippen molar-refractivity contribution in [2.75, 3.05) is 6.61 Å². The molecule has 0 radical (unpaired) electrons. The third kappa shape index (κ3) is 7.41. The van der Waals surface area contributed by atoms with E-state index in [0.717, 1.165) is 63.4 Å². The fourth-order valence-corrected chi connectivity index (χ4v) is 5.63. The van der Waals surface area contributed by atoms with E-state index in [1.165, 1.54) is 0 Å². The van der Waals surface area contributed by atoms with E-state index in [4.69, 9.17) is 16.3 Å². The van der Waals surface area contributed by atoms with Crippen LogP contribution in [-0.2, 0) is 19.7 Å². The van der Waals surface area contributed by atoms with Gasteiger partial charge in [0.05, 0.1) is 6.07 Å². The van der Waals surface area contributed by atoms with E-state index < -0.39 is 24.1 Å². The Hall–Kier alpha value is -2.79. The SMILES string of the molecule is CCCCCCC[C@H](NC(=O)OCC1(c2cccc(Cl)c2)CC1)C(=O)N[C@H](C#N)CC1CC2(CC2)NC1=O. The Balaban J connectivity index is 1.31. The molecule has 1 aromatic carbocycles. The lowest BCUT2D eigenvalue weighted by molar-refractivity contribution is -0.125. The van der Waals surface area contributed by atoms with Crippen LogP contribution in [0.15, 0.2) is 24.3 Å². The van der Waals surface area contributed by atoms with Gasteiger partial charge in [0.2, 0.25) is 11.8 Å². The largest absolute Gasteiger partial charge is 0.449 e. The predicted molar refractivity (Wildman–Crippen MR) is 144 cm³/mol. The van der Waals surface area contributed by atoms with Crippen molar-refractivity contribution in [3.63, 3.8) is 0 Å². The molecule has 1 aromatic rings. The monoisotopic (exact) mass is 542 g/mol.